The molecule has 1 aliphatic heterocycles. The van der Waals surface area contributed by atoms with Gasteiger partial charge in [0.15, 0.2) is 0 Å². The Balaban J connectivity index is 2.15. The smallest absolute Gasteiger partial charge is 0.0672 e. The third-order valence-electron chi connectivity index (χ3n) is 2.49. The maximum atomic E-state index is 6.00. The van der Waals surface area contributed by atoms with Crippen LogP contribution in [0.1, 0.15) is 18.5 Å². The zero-order valence-electron chi connectivity index (χ0n) is 8.47. The zero-order chi connectivity index (χ0) is 10.8. The molecule has 0 spiro atoms. The topological polar surface area (TPSA) is 21.3 Å². The van der Waals surface area contributed by atoms with E-state index in [1.54, 1.807) is 0 Å². The number of rotatable bonds is 1. The van der Waals surface area contributed by atoms with Crippen LogP contribution in [0.5, 0.6) is 0 Å². The number of morpholine rings is 1. The van der Waals surface area contributed by atoms with E-state index < -0.39 is 0 Å². The molecule has 0 bridgehead atoms. The van der Waals surface area contributed by atoms with Crippen LogP contribution in [-0.2, 0) is 4.74 Å². The van der Waals surface area contributed by atoms with E-state index >= 15 is 0 Å². The number of hydrogen-bond acceptors (Lipinski definition) is 2. The first-order valence-electron chi connectivity index (χ1n) is 4.96. The fourth-order valence-electron chi connectivity index (χ4n) is 1.68. The molecule has 1 aromatic rings. The van der Waals surface area contributed by atoms with Gasteiger partial charge in [0.05, 0.1) is 18.8 Å². The van der Waals surface area contributed by atoms with Crippen LogP contribution in [0.3, 0.4) is 0 Å². The molecule has 1 aliphatic rings. The number of hydrogen-bond donors (Lipinski definition) is 1. The molecule has 0 aromatic heterocycles. The Morgan fingerprint density at radius 1 is 1.47 bits per heavy atom. The number of halogens is 2. The molecule has 2 nitrogen and oxygen atoms in total. The van der Waals surface area contributed by atoms with Crippen molar-refractivity contribution in [2.24, 2.45) is 0 Å². The lowest BCUT2D eigenvalue weighted by atomic mass is 10.1. The molecule has 1 saturated heterocycles. The lowest BCUT2D eigenvalue weighted by molar-refractivity contribution is 0.0149. The van der Waals surface area contributed by atoms with Gasteiger partial charge in [0.1, 0.15) is 0 Å². The summed E-state index contributed by atoms with van der Waals surface area (Å²) in [4.78, 5) is 0. The SMILES string of the molecule is CC1CNC(c2cc(Cl)cc(Br)c2)CO1. The zero-order valence-corrected chi connectivity index (χ0v) is 10.8. The largest absolute Gasteiger partial charge is 0.375 e. The van der Waals surface area contributed by atoms with Crippen molar-refractivity contribution in [3.05, 3.63) is 33.3 Å². The van der Waals surface area contributed by atoms with Gasteiger partial charge in [0.2, 0.25) is 0 Å². The Bertz CT molecular complexity index is 330. The summed E-state index contributed by atoms with van der Waals surface area (Å²) in [5, 5.41) is 4.18. The summed E-state index contributed by atoms with van der Waals surface area (Å²) in [5.41, 5.74) is 1.17. The van der Waals surface area contributed by atoms with Crippen molar-refractivity contribution in [2.75, 3.05) is 13.2 Å². The number of ether oxygens (including phenoxy) is 1. The van der Waals surface area contributed by atoms with Crippen LogP contribution in [0.4, 0.5) is 0 Å². The molecule has 82 valence electrons. The highest BCUT2D eigenvalue weighted by atomic mass is 79.9. The normalized spacial score (nSPS) is 26.6. The first kappa shape index (κ1) is 11.4. The lowest BCUT2D eigenvalue weighted by Crippen LogP contribution is -2.39. The van der Waals surface area contributed by atoms with Crippen LogP contribution in [0.15, 0.2) is 22.7 Å². The first-order valence-corrected chi connectivity index (χ1v) is 6.13. The average molecular weight is 291 g/mol. The van der Waals surface area contributed by atoms with E-state index in [4.69, 9.17) is 16.3 Å². The van der Waals surface area contributed by atoms with Crippen LogP contribution >= 0.6 is 27.5 Å². The molecule has 0 aliphatic carbocycles. The molecule has 1 N–H and O–H groups in total. The van der Waals surface area contributed by atoms with E-state index in [-0.39, 0.29) is 6.04 Å². The number of benzene rings is 1. The van der Waals surface area contributed by atoms with Crippen LogP contribution in [0.25, 0.3) is 0 Å². The molecule has 4 heteroatoms. The Morgan fingerprint density at radius 3 is 2.87 bits per heavy atom. The molecular weight excluding hydrogens is 277 g/mol. The van der Waals surface area contributed by atoms with E-state index in [0.717, 1.165) is 16.0 Å². The summed E-state index contributed by atoms with van der Waals surface area (Å²) < 4.78 is 6.61. The van der Waals surface area contributed by atoms with Crippen molar-refractivity contribution in [3.8, 4) is 0 Å². The Kier molecular flexibility index (Phi) is 3.67. The van der Waals surface area contributed by atoms with Crippen LogP contribution in [0.2, 0.25) is 5.02 Å². The first-order chi connectivity index (χ1) is 7.15. The van der Waals surface area contributed by atoms with E-state index in [0.29, 0.717) is 12.7 Å². The molecule has 0 amide bonds. The molecule has 1 fully saturated rings. The maximum Gasteiger partial charge on any atom is 0.0672 e. The Morgan fingerprint density at radius 2 is 2.27 bits per heavy atom. The molecule has 2 atom stereocenters. The minimum atomic E-state index is 0.246. The van der Waals surface area contributed by atoms with Gasteiger partial charge in [0.25, 0.3) is 0 Å². The monoisotopic (exact) mass is 289 g/mol. The Labute approximate surface area is 103 Å². The van der Waals surface area contributed by atoms with Crippen molar-refractivity contribution in [1.29, 1.82) is 0 Å². The van der Waals surface area contributed by atoms with Crippen LogP contribution in [-0.4, -0.2) is 19.3 Å². The third-order valence-corrected chi connectivity index (χ3v) is 3.16. The van der Waals surface area contributed by atoms with Gasteiger partial charge in [-0.2, -0.15) is 0 Å². The van der Waals surface area contributed by atoms with Gasteiger partial charge >= 0.3 is 0 Å². The van der Waals surface area contributed by atoms with Crippen molar-refractivity contribution >= 4 is 27.5 Å². The van der Waals surface area contributed by atoms with E-state index in [1.165, 1.54) is 5.56 Å². The summed E-state index contributed by atoms with van der Waals surface area (Å²) in [6.07, 6.45) is 0.295. The molecule has 2 rings (SSSR count). The molecule has 15 heavy (non-hydrogen) atoms. The minimum Gasteiger partial charge on any atom is -0.375 e. The van der Waals surface area contributed by atoms with Gasteiger partial charge in [-0.05, 0) is 30.7 Å². The summed E-state index contributed by atoms with van der Waals surface area (Å²) in [6.45, 7) is 3.65. The Hall–Kier alpha value is -0.0900. The molecule has 2 unspecified atom stereocenters. The predicted molar refractivity (Wildman–Crippen MR) is 65.3 cm³/mol. The van der Waals surface area contributed by atoms with E-state index in [1.807, 2.05) is 12.1 Å². The summed E-state index contributed by atoms with van der Waals surface area (Å²) in [5.74, 6) is 0. The van der Waals surface area contributed by atoms with Gasteiger partial charge in [-0.3, -0.25) is 0 Å². The second-order valence-electron chi connectivity index (χ2n) is 3.81. The lowest BCUT2D eigenvalue weighted by Gasteiger charge is -2.28. The summed E-state index contributed by atoms with van der Waals surface area (Å²) >= 11 is 9.44. The van der Waals surface area contributed by atoms with Crippen molar-refractivity contribution in [1.82, 2.24) is 5.32 Å². The summed E-state index contributed by atoms with van der Waals surface area (Å²) in [6, 6.07) is 6.18. The second kappa shape index (κ2) is 4.83. The van der Waals surface area contributed by atoms with Crippen LogP contribution < -0.4 is 5.32 Å². The van der Waals surface area contributed by atoms with Gasteiger partial charge in [-0.1, -0.05) is 27.5 Å². The van der Waals surface area contributed by atoms with Crippen molar-refractivity contribution in [3.63, 3.8) is 0 Å². The molecule has 0 saturated carbocycles. The summed E-state index contributed by atoms with van der Waals surface area (Å²) in [7, 11) is 0. The predicted octanol–water partition coefficient (Wildman–Crippen LogP) is 3.15. The molecule has 1 heterocycles. The van der Waals surface area contributed by atoms with Gasteiger partial charge in [-0.15, -0.1) is 0 Å². The second-order valence-corrected chi connectivity index (χ2v) is 5.16. The fourth-order valence-corrected chi connectivity index (χ4v) is 2.56. The van der Waals surface area contributed by atoms with E-state index in [9.17, 15) is 0 Å². The van der Waals surface area contributed by atoms with Gasteiger partial charge in [0, 0.05) is 16.0 Å². The van der Waals surface area contributed by atoms with Crippen molar-refractivity contribution < 1.29 is 4.74 Å². The maximum absolute atomic E-state index is 6.00. The van der Waals surface area contributed by atoms with E-state index in [2.05, 4.69) is 34.2 Å². The highest BCUT2D eigenvalue weighted by molar-refractivity contribution is 9.10. The van der Waals surface area contributed by atoms with Crippen LogP contribution in [0, 0.1) is 0 Å². The molecule has 1 aromatic carbocycles. The quantitative estimate of drug-likeness (QED) is 0.858. The minimum absolute atomic E-state index is 0.246. The molecular formula is C11H13BrClNO. The molecule has 0 radical (unpaired) electrons. The van der Waals surface area contributed by atoms with Gasteiger partial charge in [-0.25, -0.2) is 0 Å². The standard InChI is InChI=1S/C11H13BrClNO/c1-7-5-14-11(6-15-7)8-2-9(12)4-10(13)3-8/h2-4,7,11,14H,5-6H2,1H3. The van der Waals surface area contributed by atoms with Gasteiger partial charge < -0.3 is 10.1 Å². The average Bonchev–Trinajstić information content (AvgIpc) is 2.17. The number of nitrogens with one attached hydrogen (secondary N) is 1. The fraction of sp³-hybridized carbons (Fsp3) is 0.455. The third kappa shape index (κ3) is 2.94. The van der Waals surface area contributed by atoms with Crippen molar-refractivity contribution in [2.45, 2.75) is 19.1 Å². The highest BCUT2D eigenvalue weighted by Gasteiger charge is 2.19. The highest BCUT2D eigenvalue weighted by Crippen LogP contribution is 2.25.